The average Bonchev–Trinajstić information content (AvgIpc) is 2.81. The Balaban J connectivity index is 2.37. The Bertz CT molecular complexity index is 376. The molecule has 0 atom stereocenters. The first kappa shape index (κ1) is 14.5. The minimum absolute atomic E-state index is 0.0326. The number of aromatic nitrogens is 2. The van der Waals surface area contributed by atoms with Crippen LogP contribution in [0.15, 0.2) is 12.4 Å². The first-order valence-corrected chi connectivity index (χ1v) is 6.15. The lowest BCUT2D eigenvalue weighted by atomic mass is 10.4. The average molecular weight is 254 g/mol. The highest BCUT2D eigenvalue weighted by molar-refractivity contribution is 5.77. The van der Waals surface area contributed by atoms with Crippen LogP contribution in [0.5, 0.6) is 5.75 Å². The minimum atomic E-state index is -0.0549. The Hall–Kier alpha value is -1.56. The van der Waals surface area contributed by atoms with Crippen molar-refractivity contribution in [1.29, 1.82) is 0 Å². The van der Waals surface area contributed by atoms with Crippen molar-refractivity contribution >= 4 is 5.91 Å². The lowest BCUT2D eigenvalue weighted by Crippen LogP contribution is -2.33. The second kappa shape index (κ2) is 7.00. The van der Waals surface area contributed by atoms with E-state index in [4.69, 9.17) is 10.5 Å². The van der Waals surface area contributed by atoms with E-state index in [2.05, 4.69) is 5.10 Å². The summed E-state index contributed by atoms with van der Waals surface area (Å²) in [6.07, 6.45) is 4.21. The maximum absolute atomic E-state index is 11.7. The molecule has 102 valence electrons. The SMILES string of the molecule is CC(C)n1cc(OCC(=O)N(C)CCCN)cn1. The van der Waals surface area contributed by atoms with Gasteiger partial charge in [0.15, 0.2) is 12.4 Å². The van der Waals surface area contributed by atoms with Gasteiger partial charge in [0.25, 0.3) is 5.91 Å². The molecule has 0 saturated carbocycles. The molecule has 0 aliphatic rings. The van der Waals surface area contributed by atoms with Gasteiger partial charge in [-0.25, -0.2) is 0 Å². The van der Waals surface area contributed by atoms with Crippen LogP contribution in [0.25, 0.3) is 0 Å². The molecule has 0 radical (unpaired) electrons. The van der Waals surface area contributed by atoms with Crippen molar-refractivity contribution in [2.24, 2.45) is 5.73 Å². The molecular weight excluding hydrogens is 232 g/mol. The summed E-state index contributed by atoms with van der Waals surface area (Å²) >= 11 is 0. The number of ether oxygens (including phenoxy) is 1. The fourth-order valence-electron chi connectivity index (χ4n) is 1.39. The zero-order valence-corrected chi connectivity index (χ0v) is 11.3. The van der Waals surface area contributed by atoms with Gasteiger partial charge < -0.3 is 15.4 Å². The van der Waals surface area contributed by atoms with Crippen LogP contribution in [-0.2, 0) is 4.79 Å². The molecule has 6 nitrogen and oxygen atoms in total. The molecule has 2 N–H and O–H groups in total. The number of rotatable bonds is 7. The zero-order chi connectivity index (χ0) is 13.5. The second-order valence-corrected chi connectivity index (χ2v) is 4.50. The molecule has 1 amide bonds. The van der Waals surface area contributed by atoms with Gasteiger partial charge in [-0.1, -0.05) is 0 Å². The van der Waals surface area contributed by atoms with Crippen LogP contribution in [0, 0.1) is 0 Å². The third kappa shape index (κ3) is 4.37. The number of hydrogen-bond donors (Lipinski definition) is 1. The van der Waals surface area contributed by atoms with Crippen LogP contribution in [-0.4, -0.2) is 47.3 Å². The highest BCUT2D eigenvalue weighted by atomic mass is 16.5. The molecule has 1 heterocycles. The molecule has 1 aromatic heterocycles. The summed E-state index contributed by atoms with van der Waals surface area (Å²) in [5.41, 5.74) is 5.39. The van der Waals surface area contributed by atoms with E-state index in [1.165, 1.54) is 0 Å². The van der Waals surface area contributed by atoms with Crippen LogP contribution in [0.1, 0.15) is 26.3 Å². The van der Waals surface area contributed by atoms with Gasteiger partial charge in [-0.05, 0) is 26.8 Å². The van der Waals surface area contributed by atoms with E-state index in [0.29, 0.717) is 18.8 Å². The van der Waals surface area contributed by atoms with Crippen LogP contribution < -0.4 is 10.5 Å². The van der Waals surface area contributed by atoms with Crippen LogP contribution in [0.3, 0.4) is 0 Å². The molecule has 0 aliphatic carbocycles. The molecule has 18 heavy (non-hydrogen) atoms. The fraction of sp³-hybridized carbons (Fsp3) is 0.667. The molecule has 0 aliphatic heterocycles. The molecule has 0 bridgehead atoms. The molecule has 0 spiro atoms. The monoisotopic (exact) mass is 254 g/mol. The van der Waals surface area contributed by atoms with E-state index in [1.807, 2.05) is 13.8 Å². The first-order chi connectivity index (χ1) is 8.54. The Kier molecular flexibility index (Phi) is 5.64. The van der Waals surface area contributed by atoms with Gasteiger partial charge >= 0.3 is 0 Å². The topological polar surface area (TPSA) is 73.4 Å². The Morgan fingerprint density at radius 2 is 2.33 bits per heavy atom. The van der Waals surface area contributed by atoms with Crippen molar-refractivity contribution in [2.75, 3.05) is 26.7 Å². The normalized spacial score (nSPS) is 10.7. The highest BCUT2D eigenvalue weighted by Crippen LogP contribution is 2.12. The van der Waals surface area contributed by atoms with Crippen molar-refractivity contribution < 1.29 is 9.53 Å². The highest BCUT2D eigenvalue weighted by Gasteiger charge is 2.10. The Morgan fingerprint density at radius 1 is 1.61 bits per heavy atom. The molecule has 0 unspecified atom stereocenters. The summed E-state index contributed by atoms with van der Waals surface area (Å²) in [6.45, 7) is 5.33. The molecule has 0 saturated heterocycles. The summed E-state index contributed by atoms with van der Waals surface area (Å²) in [6, 6.07) is 0.283. The van der Waals surface area contributed by atoms with Gasteiger partial charge in [0, 0.05) is 19.6 Å². The Labute approximate surface area is 108 Å². The number of carbonyl (C=O) groups is 1. The van der Waals surface area contributed by atoms with Crippen molar-refractivity contribution in [3.05, 3.63) is 12.4 Å². The molecule has 0 fully saturated rings. The van der Waals surface area contributed by atoms with Gasteiger partial charge in [0.2, 0.25) is 0 Å². The summed E-state index contributed by atoms with van der Waals surface area (Å²) in [5, 5.41) is 4.14. The van der Waals surface area contributed by atoms with Crippen molar-refractivity contribution in [3.63, 3.8) is 0 Å². The molecule has 1 rings (SSSR count). The first-order valence-electron chi connectivity index (χ1n) is 6.15. The number of carbonyl (C=O) groups excluding carboxylic acids is 1. The molecule has 6 heteroatoms. The van der Waals surface area contributed by atoms with Crippen LogP contribution >= 0.6 is 0 Å². The number of amides is 1. The molecule has 0 aromatic carbocycles. The van der Waals surface area contributed by atoms with Crippen LogP contribution in [0.2, 0.25) is 0 Å². The van der Waals surface area contributed by atoms with Gasteiger partial charge in [-0.15, -0.1) is 0 Å². The third-order valence-corrected chi connectivity index (χ3v) is 2.59. The number of likely N-dealkylation sites (N-methyl/N-ethyl adjacent to an activating group) is 1. The van der Waals surface area contributed by atoms with E-state index in [9.17, 15) is 4.79 Å². The predicted molar refractivity (Wildman–Crippen MR) is 69.4 cm³/mol. The fourth-order valence-corrected chi connectivity index (χ4v) is 1.39. The van der Waals surface area contributed by atoms with E-state index in [-0.39, 0.29) is 18.6 Å². The van der Waals surface area contributed by atoms with Crippen molar-refractivity contribution in [1.82, 2.24) is 14.7 Å². The van der Waals surface area contributed by atoms with Crippen molar-refractivity contribution in [2.45, 2.75) is 26.3 Å². The van der Waals surface area contributed by atoms with E-state index in [0.717, 1.165) is 6.42 Å². The number of hydrogen-bond acceptors (Lipinski definition) is 4. The minimum Gasteiger partial charge on any atom is -0.480 e. The second-order valence-electron chi connectivity index (χ2n) is 4.50. The lowest BCUT2D eigenvalue weighted by molar-refractivity contribution is -0.132. The Morgan fingerprint density at radius 3 is 2.89 bits per heavy atom. The summed E-state index contributed by atoms with van der Waals surface area (Å²) < 4.78 is 7.18. The van der Waals surface area contributed by atoms with E-state index < -0.39 is 0 Å². The lowest BCUT2D eigenvalue weighted by Gasteiger charge is -2.16. The van der Waals surface area contributed by atoms with Crippen LogP contribution in [0.4, 0.5) is 0 Å². The quantitative estimate of drug-likeness (QED) is 0.775. The standard InChI is InChI=1S/C12H22N4O2/c1-10(2)16-8-11(7-14-16)18-9-12(17)15(3)6-4-5-13/h7-8,10H,4-6,9,13H2,1-3H3. The van der Waals surface area contributed by atoms with E-state index >= 15 is 0 Å². The number of nitrogens with two attached hydrogens (primary N) is 1. The van der Waals surface area contributed by atoms with Gasteiger partial charge in [-0.2, -0.15) is 5.10 Å². The summed E-state index contributed by atoms with van der Waals surface area (Å²) in [5.74, 6) is 0.560. The summed E-state index contributed by atoms with van der Waals surface area (Å²) in [7, 11) is 1.75. The maximum atomic E-state index is 11.7. The zero-order valence-electron chi connectivity index (χ0n) is 11.3. The summed E-state index contributed by atoms with van der Waals surface area (Å²) in [4.78, 5) is 13.3. The van der Waals surface area contributed by atoms with Gasteiger partial charge in [0.1, 0.15) is 0 Å². The van der Waals surface area contributed by atoms with Gasteiger partial charge in [0.05, 0.1) is 12.4 Å². The smallest absolute Gasteiger partial charge is 0.260 e. The maximum Gasteiger partial charge on any atom is 0.260 e. The molecule has 1 aromatic rings. The van der Waals surface area contributed by atoms with Crippen molar-refractivity contribution in [3.8, 4) is 5.75 Å². The molecular formula is C12H22N4O2. The predicted octanol–water partition coefficient (Wildman–Crippen LogP) is 0.650. The largest absolute Gasteiger partial charge is 0.480 e. The van der Waals surface area contributed by atoms with E-state index in [1.54, 1.807) is 29.0 Å². The van der Waals surface area contributed by atoms with Gasteiger partial charge in [-0.3, -0.25) is 9.48 Å². The number of nitrogens with zero attached hydrogens (tertiary/aromatic N) is 3. The third-order valence-electron chi connectivity index (χ3n) is 2.59.